The maximum Gasteiger partial charge on any atom is 0.255 e. The first-order valence-corrected chi connectivity index (χ1v) is 5.05. The van der Waals surface area contributed by atoms with Gasteiger partial charge in [-0.1, -0.05) is 11.6 Å². The number of benzene rings is 1. The van der Waals surface area contributed by atoms with Gasteiger partial charge >= 0.3 is 0 Å². The first-order valence-electron chi connectivity index (χ1n) is 4.67. The fourth-order valence-corrected chi connectivity index (χ4v) is 1.79. The number of hydrogen-bond donors (Lipinski definition) is 2. The van der Waals surface area contributed by atoms with E-state index in [0.717, 1.165) is 0 Å². The highest BCUT2D eigenvalue weighted by Gasteiger charge is 2.08. The van der Waals surface area contributed by atoms with Crippen LogP contribution in [0.1, 0.15) is 6.92 Å². The van der Waals surface area contributed by atoms with Crippen LogP contribution in [-0.4, -0.2) is 10.9 Å². The lowest BCUT2D eigenvalue weighted by molar-refractivity contribution is -0.114. The normalized spacial score (nSPS) is 10.4. The van der Waals surface area contributed by atoms with Crippen molar-refractivity contribution >= 4 is 34.0 Å². The molecular formula is C11H9ClN2O2. The van der Waals surface area contributed by atoms with Gasteiger partial charge in [0.2, 0.25) is 5.91 Å². The van der Waals surface area contributed by atoms with Crippen LogP contribution in [0.5, 0.6) is 0 Å². The second-order valence-electron chi connectivity index (χ2n) is 3.38. The molecule has 0 atom stereocenters. The number of carbonyl (C=O) groups excluding carboxylic acids is 1. The van der Waals surface area contributed by atoms with Gasteiger partial charge in [0.25, 0.3) is 5.56 Å². The van der Waals surface area contributed by atoms with Crippen LogP contribution in [0.3, 0.4) is 0 Å². The number of fused-ring (bicyclic) bond motifs is 1. The summed E-state index contributed by atoms with van der Waals surface area (Å²) in [6.07, 6.45) is 1.52. The number of rotatable bonds is 1. The average molecular weight is 237 g/mol. The van der Waals surface area contributed by atoms with Crippen LogP contribution in [0.4, 0.5) is 5.69 Å². The Balaban J connectivity index is 2.70. The van der Waals surface area contributed by atoms with Gasteiger partial charge in [-0.05, 0) is 18.2 Å². The first-order chi connectivity index (χ1) is 7.59. The number of halogens is 1. The highest BCUT2D eigenvalue weighted by Crippen LogP contribution is 2.29. The Hall–Kier alpha value is -1.81. The summed E-state index contributed by atoms with van der Waals surface area (Å²) in [5.74, 6) is -0.203. The summed E-state index contributed by atoms with van der Waals surface area (Å²) in [7, 11) is 0. The van der Waals surface area contributed by atoms with Crippen molar-refractivity contribution in [3.63, 3.8) is 0 Å². The number of H-pyrrole nitrogens is 1. The molecule has 4 nitrogen and oxygen atoms in total. The second-order valence-corrected chi connectivity index (χ2v) is 3.75. The third-order valence-corrected chi connectivity index (χ3v) is 2.61. The van der Waals surface area contributed by atoms with E-state index < -0.39 is 0 Å². The number of carbonyl (C=O) groups is 1. The summed E-state index contributed by atoms with van der Waals surface area (Å²) in [5, 5.41) is 4.10. The minimum atomic E-state index is -0.203. The maximum absolute atomic E-state index is 11.5. The van der Waals surface area contributed by atoms with E-state index in [-0.39, 0.29) is 11.5 Å². The van der Waals surface area contributed by atoms with Crippen LogP contribution in [-0.2, 0) is 4.79 Å². The fraction of sp³-hybridized carbons (Fsp3) is 0.0909. The lowest BCUT2D eigenvalue weighted by Gasteiger charge is -2.07. The molecule has 5 heteroatoms. The van der Waals surface area contributed by atoms with Gasteiger partial charge in [0.05, 0.1) is 10.7 Å². The van der Waals surface area contributed by atoms with Crippen LogP contribution in [0.25, 0.3) is 10.8 Å². The molecule has 0 aliphatic heterocycles. The SMILES string of the molecule is CC(=O)Nc1ccc2c(=O)[nH]ccc2c1Cl. The van der Waals surface area contributed by atoms with Gasteiger partial charge < -0.3 is 10.3 Å². The minimum absolute atomic E-state index is 0.200. The van der Waals surface area contributed by atoms with Gasteiger partial charge in [-0.3, -0.25) is 9.59 Å². The van der Waals surface area contributed by atoms with Crippen LogP contribution in [0.2, 0.25) is 5.02 Å². The van der Waals surface area contributed by atoms with E-state index in [1.807, 2.05) is 0 Å². The Morgan fingerprint density at radius 3 is 2.75 bits per heavy atom. The summed E-state index contributed by atoms with van der Waals surface area (Å²) in [5.41, 5.74) is 0.307. The van der Waals surface area contributed by atoms with E-state index in [2.05, 4.69) is 10.3 Å². The zero-order chi connectivity index (χ0) is 11.7. The molecule has 82 valence electrons. The Morgan fingerprint density at radius 1 is 1.31 bits per heavy atom. The number of amides is 1. The molecule has 0 saturated carbocycles. The number of pyridine rings is 1. The number of aromatic amines is 1. The Kier molecular flexibility index (Phi) is 2.66. The van der Waals surface area contributed by atoms with Crippen molar-refractivity contribution in [1.82, 2.24) is 4.98 Å². The molecule has 2 aromatic rings. The monoisotopic (exact) mass is 236 g/mol. The standard InChI is InChI=1S/C11H9ClN2O2/c1-6(15)14-9-3-2-8-7(10(9)12)4-5-13-11(8)16/h2-5H,1H3,(H,13,16)(H,14,15). The molecule has 0 aliphatic carbocycles. The fourth-order valence-electron chi connectivity index (χ4n) is 1.52. The van der Waals surface area contributed by atoms with Gasteiger partial charge in [-0.2, -0.15) is 0 Å². The summed E-state index contributed by atoms with van der Waals surface area (Å²) in [6.45, 7) is 1.40. The van der Waals surface area contributed by atoms with Gasteiger partial charge in [0.1, 0.15) is 0 Å². The van der Waals surface area contributed by atoms with Crippen LogP contribution < -0.4 is 10.9 Å². The highest BCUT2D eigenvalue weighted by atomic mass is 35.5. The lowest BCUT2D eigenvalue weighted by atomic mass is 10.1. The zero-order valence-corrected chi connectivity index (χ0v) is 9.26. The molecule has 1 aromatic heterocycles. The first kappa shape index (κ1) is 10.7. The van der Waals surface area contributed by atoms with Crippen molar-refractivity contribution < 1.29 is 4.79 Å². The van der Waals surface area contributed by atoms with Crippen molar-refractivity contribution in [2.75, 3.05) is 5.32 Å². The van der Waals surface area contributed by atoms with E-state index >= 15 is 0 Å². The maximum atomic E-state index is 11.5. The van der Waals surface area contributed by atoms with E-state index in [1.165, 1.54) is 13.1 Å². The van der Waals surface area contributed by atoms with E-state index in [1.54, 1.807) is 18.2 Å². The number of hydrogen-bond acceptors (Lipinski definition) is 2. The molecule has 1 amide bonds. The van der Waals surface area contributed by atoms with Crippen LogP contribution >= 0.6 is 11.6 Å². The largest absolute Gasteiger partial charge is 0.329 e. The molecule has 2 N–H and O–H groups in total. The molecule has 0 aliphatic rings. The summed E-state index contributed by atoms with van der Waals surface area (Å²) in [6, 6.07) is 4.94. The molecule has 16 heavy (non-hydrogen) atoms. The van der Waals surface area contributed by atoms with Crippen LogP contribution in [0.15, 0.2) is 29.2 Å². The summed E-state index contributed by atoms with van der Waals surface area (Å²) < 4.78 is 0. The third kappa shape index (κ3) is 1.79. The second kappa shape index (κ2) is 3.98. The quantitative estimate of drug-likeness (QED) is 0.797. The van der Waals surface area contributed by atoms with Crippen LogP contribution in [0, 0.1) is 0 Å². The predicted octanol–water partition coefficient (Wildman–Crippen LogP) is 2.14. The Morgan fingerprint density at radius 2 is 2.06 bits per heavy atom. The molecular weight excluding hydrogens is 228 g/mol. The predicted molar refractivity (Wildman–Crippen MR) is 63.9 cm³/mol. The molecule has 0 bridgehead atoms. The zero-order valence-electron chi connectivity index (χ0n) is 8.50. The van der Waals surface area contributed by atoms with Gasteiger partial charge in [-0.15, -0.1) is 0 Å². The van der Waals surface area contributed by atoms with Crippen molar-refractivity contribution in [2.45, 2.75) is 6.92 Å². The van der Waals surface area contributed by atoms with Crippen molar-refractivity contribution in [3.05, 3.63) is 39.8 Å². The molecule has 0 spiro atoms. The molecule has 0 unspecified atom stereocenters. The smallest absolute Gasteiger partial charge is 0.255 e. The molecule has 0 radical (unpaired) electrons. The van der Waals surface area contributed by atoms with E-state index in [0.29, 0.717) is 21.5 Å². The Labute approximate surface area is 96.2 Å². The molecule has 0 fully saturated rings. The van der Waals surface area contributed by atoms with E-state index in [9.17, 15) is 9.59 Å². The minimum Gasteiger partial charge on any atom is -0.329 e. The number of nitrogens with one attached hydrogen (secondary N) is 2. The van der Waals surface area contributed by atoms with Crippen molar-refractivity contribution in [3.8, 4) is 0 Å². The van der Waals surface area contributed by atoms with Crippen molar-refractivity contribution in [2.24, 2.45) is 0 Å². The van der Waals surface area contributed by atoms with Crippen molar-refractivity contribution in [1.29, 1.82) is 0 Å². The highest BCUT2D eigenvalue weighted by molar-refractivity contribution is 6.38. The molecule has 2 rings (SSSR count). The van der Waals surface area contributed by atoms with Gasteiger partial charge in [-0.25, -0.2) is 0 Å². The lowest BCUT2D eigenvalue weighted by Crippen LogP contribution is -2.08. The van der Waals surface area contributed by atoms with Gasteiger partial charge in [0.15, 0.2) is 0 Å². The molecule has 1 heterocycles. The third-order valence-electron chi connectivity index (χ3n) is 2.20. The summed E-state index contributed by atoms with van der Waals surface area (Å²) in [4.78, 5) is 25.0. The average Bonchev–Trinajstić information content (AvgIpc) is 2.23. The number of aromatic nitrogens is 1. The van der Waals surface area contributed by atoms with E-state index in [4.69, 9.17) is 11.6 Å². The summed E-state index contributed by atoms with van der Waals surface area (Å²) >= 11 is 6.09. The Bertz CT molecular complexity index is 619. The topological polar surface area (TPSA) is 62.0 Å². The molecule has 0 saturated heterocycles. The number of anilines is 1. The molecule has 1 aromatic carbocycles. The van der Waals surface area contributed by atoms with Gasteiger partial charge in [0, 0.05) is 23.9 Å².